The molecule has 9 heteroatoms. The van der Waals surface area contributed by atoms with Gasteiger partial charge in [-0.3, -0.25) is 9.08 Å². The first-order chi connectivity index (χ1) is 12.8. The standard InChI is InChI=1S/C19H27F2NO5S/c1-14-7-9-16(10-8-14)28(24,25)26-11-5-6-15-12-19(20,21)13-22(15)17(23)27-18(2,3)4/h7-10,15H,5-6,11-13H2,1-4H3/t15-/m1/s1. The topological polar surface area (TPSA) is 72.9 Å². The van der Waals surface area contributed by atoms with E-state index in [0.29, 0.717) is 0 Å². The lowest BCUT2D eigenvalue weighted by Gasteiger charge is -2.28. The number of carbonyl (C=O) groups is 1. The second-order valence-corrected chi connectivity index (χ2v) is 9.67. The Morgan fingerprint density at radius 3 is 2.43 bits per heavy atom. The summed E-state index contributed by atoms with van der Waals surface area (Å²) in [4.78, 5) is 13.3. The summed E-state index contributed by atoms with van der Waals surface area (Å²) in [6, 6.07) is 5.50. The molecule has 0 aliphatic carbocycles. The molecule has 2 rings (SSSR count). The maximum Gasteiger partial charge on any atom is 0.410 e. The number of halogens is 2. The summed E-state index contributed by atoms with van der Waals surface area (Å²) in [5.74, 6) is -2.99. The lowest BCUT2D eigenvalue weighted by Crippen LogP contribution is -2.40. The maximum absolute atomic E-state index is 13.8. The number of rotatable bonds is 6. The summed E-state index contributed by atoms with van der Waals surface area (Å²) in [5.41, 5.74) is 0.133. The summed E-state index contributed by atoms with van der Waals surface area (Å²) < 4.78 is 62.1. The lowest BCUT2D eigenvalue weighted by molar-refractivity contribution is -0.00249. The van der Waals surface area contributed by atoms with E-state index in [1.165, 1.54) is 12.1 Å². The fourth-order valence-corrected chi connectivity index (χ4v) is 3.89. The van der Waals surface area contributed by atoms with Crippen molar-refractivity contribution < 1.29 is 30.9 Å². The van der Waals surface area contributed by atoms with Gasteiger partial charge in [0.15, 0.2) is 0 Å². The van der Waals surface area contributed by atoms with Gasteiger partial charge in [0.1, 0.15) is 5.60 Å². The van der Waals surface area contributed by atoms with Gasteiger partial charge in [-0.2, -0.15) is 8.42 Å². The molecule has 1 heterocycles. The molecule has 1 aromatic rings. The van der Waals surface area contributed by atoms with E-state index in [1.54, 1.807) is 32.9 Å². The largest absolute Gasteiger partial charge is 0.444 e. The molecular weight excluding hydrogens is 392 g/mol. The van der Waals surface area contributed by atoms with E-state index >= 15 is 0 Å². The third-order valence-electron chi connectivity index (χ3n) is 4.23. The molecule has 0 bridgehead atoms. The molecule has 0 N–H and O–H groups in total. The van der Waals surface area contributed by atoms with E-state index in [-0.39, 0.29) is 24.3 Å². The van der Waals surface area contributed by atoms with Crippen molar-refractivity contribution in [2.75, 3.05) is 13.2 Å². The van der Waals surface area contributed by atoms with Crippen LogP contribution in [0.3, 0.4) is 0 Å². The summed E-state index contributed by atoms with van der Waals surface area (Å²) in [6.07, 6.45) is -0.858. The summed E-state index contributed by atoms with van der Waals surface area (Å²) in [7, 11) is -3.90. The zero-order valence-electron chi connectivity index (χ0n) is 16.6. The minimum atomic E-state index is -3.90. The summed E-state index contributed by atoms with van der Waals surface area (Å²) >= 11 is 0. The highest BCUT2D eigenvalue weighted by atomic mass is 32.2. The highest BCUT2D eigenvalue weighted by Gasteiger charge is 2.47. The number of amides is 1. The van der Waals surface area contributed by atoms with Crippen molar-refractivity contribution in [1.82, 2.24) is 4.90 Å². The predicted molar refractivity (Wildman–Crippen MR) is 99.8 cm³/mol. The SMILES string of the molecule is Cc1ccc(S(=O)(=O)OCCC[C@@H]2CC(F)(F)CN2C(=O)OC(C)(C)C)cc1. The van der Waals surface area contributed by atoms with Gasteiger partial charge in [0, 0.05) is 12.5 Å². The Balaban J connectivity index is 1.91. The highest BCUT2D eigenvalue weighted by molar-refractivity contribution is 7.86. The Hall–Kier alpha value is -1.74. The minimum Gasteiger partial charge on any atom is -0.444 e. The fourth-order valence-electron chi connectivity index (χ4n) is 2.95. The first-order valence-corrected chi connectivity index (χ1v) is 10.5. The van der Waals surface area contributed by atoms with E-state index in [1.807, 2.05) is 6.92 Å². The molecular formula is C19H27F2NO5S. The molecule has 0 radical (unpaired) electrons. The number of ether oxygens (including phenoxy) is 1. The van der Waals surface area contributed by atoms with Crippen molar-refractivity contribution in [3.63, 3.8) is 0 Å². The van der Waals surface area contributed by atoms with Gasteiger partial charge < -0.3 is 4.74 Å². The van der Waals surface area contributed by atoms with Crippen LogP contribution < -0.4 is 0 Å². The van der Waals surface area contributed by atoms with Gasteiger partial charge in [-0.15, -0.1) is 0 Å². The zero-order chi connectivity index (χ0) is 21.2. The quantitative estimate of drug-likeness (QED) is 0.512. The van der Waals surface area contributed by atoms with E-state index in [2.05, 4.69) is 0 Å². The molecule has 6 nitrogen and oxygen atoms in total. The fraction of sp³-hybridized carbons (Fsp3) is 0.632. The number of carbonyl (C=O) groups excluding carboxylic acids is 1. The van der Waals surface area contributed by atoms with Gasteiger partial charge in [0.05, 0.1) is 18.0 Å². The molecule has 28 heavy (non-hydrogen) atoms. The van der Waals surface area contributed by atoms with Crippen molar-refractivity contribution in [1.29, 1.82) is 0 Å². The van der Waals surface area contributed by atoms with Crippen LogP contribution in [-0.2, 0) is 19.0 Å². The number of hydrogen-bond acceptors (Lipinski definition) is 5. The van der Waals surface area contributed by atoms with Crippen LogP contribution in [-0.4, -0.2) is 50.1 Å². The highest BCUT2D eigenvalue weighted by Crippen LogP contribution is 2.35. The van der Waals surface area contributed by atoms with Crippen molar-refractivity contribution in [3.05, 3.63) is 29.8 Å². The van der Waals surface area contributed by atoms with Crippen LogP contribution in [0.1, 0.15) is 45.6 Å². The molecule has 1 atom stereocenters. The Kier molecular flexibility index (Phi) is 6.70. The smallest absolute Gasteiger partial charge is 0.410 e. The molecule has 1 aliphatic rings. The average molecular weight is 419 g/mol. The second-order valence-electron chi connectivity index (χ2n) is 8.05. The Labute approximate surface area is 164 Å². The van der Waals surface area contributed by atoms with Gasteiger partial charge in [-0.25, -0.2) is 13.6 Å². The molecule has 1 aliphatic heterocycles. The molecule has 0 saturated carbocycles. The predicted octanol–water partition coefficient (Wildman–Crippen LogP) is 4.13. The third-order valence-corrected chi connectivity index (χ3v) is 5.56. The van der Waals surface area contributed by atoms with Crippen LogP contribution in [0.4, 0.5) is 13.6 Å². The van der Waals surface area contributed by atoms with E-state index in [9.17, 15) is 22.0 Å². The average Bonchev–Trinajstić information content (AvgIpc) is 2.85. The van der Waals surface area contributed by atoms with Crippen LogP contribution in [0.25, 0.3) is 0 Å². The molecule has 1 fully saturated rings. The number of likely N-dealkylation sites (tertiary alicyclic amines) is 1. The van der Waals surface area contributed by atoms with Gasteiger partial charge in [-0.05, 0) is 52.7 Å². The third kappa shape index (κ3) is 6.41. The van der Waals surface area contributed by atoms with E-state index < -0.39 is 46.7 Å². The van der Waals surface area contributed by atoms with Gasteiger partial charge >= 0.3 is 6.09 Å². The number of aryl methyl sites for hydroxylation is 1. The van der Waals surface area contributed by atoms with Gasteiger partial charge in [-0.1, -0.05) is 17.7 Å². The first-order valence-electron chi connectivity index (χ1n) is 9.13. The van der Waals surface area contributed by atoms with Crippen LogP contribution in [0.2, 0.25) is 0 Å². The molecule has 158 valence electrons. The molecule has 0 unspecified atom stereocenters. The molecule has 1 amide bonds. The lowest BCUT2D eigenvalue weighted by atomic mass is 10.1. The maximum atomic E-state index is 13.8. The Bertz CT molecular complexity index is 788. The second kappa shape index (κ2) is 8.32. The van der Waals surface area contributed by atoms with Crippen LogP contribution >= 0.6 is 0 Å². The van der Waals surface area contributed by atoms with Crippen molar-refractivity contribution in [3.8, 4) is 0 Å². The van der Waals surface area contributed by atoms with Gasteiger partial charge in [0.25, 0.3) is 16.0 Å². The number of nitrogens with zero attached hydrogens (tertiary/aromatic N) is 1. The molecule has 1 saturated heterocycles. The Morgan fingerprint density at radius 1 is 1.25 bits per heavy atom. The minimum absolute atomic E-state index is 0.0425. The first kappa shape index (κ1) is 22.5. The normalized spacial score (nSPS) is 19.6. The monoisotopic (exact) mass is 419 g/mol. The molecule has 1 aromatic carbocycles. The van der Waals surface area contributed by atoms with E-state index in [4.69, 9.17) is 8.92 Å². The van der Waals surface area contributed by atoms with E-state index in [0.717, 1.165) is 10.5 Å². The van der Waals surface area contributed by atoms with Crippen LogP contribution in [0, 0.1) is 6.92 Å². The van der Waals surface area contributed by atoms with Crippen molar-refractivity contribution in [2.45, 2.75) is 69.4 Å². The van der Waals surface area contributed by atoms with Gasteiger partial charge in [0.2, 0.25) is 0 Å². The summed E-state index contributed by atoms with van der Waals surface area (Å²) in [6.45, 7) is 5.98. The Morgan fingerprint density at radius 2 is 1.86 bits per heavy atom. The summed E-state index contributed by atoms with van der Waals surface area (Å²) in [5, 5.41) is 0. The molecule has 0 aromatic heterocycles. The van der Waals surface area contributed by atoms with Crippen molar-refractivity contribution in [2.24, 2.45) is 0 Å². The zero-order valence-corrected chi connectivity index (χ0v) is 17.4. The van der Waals surface area contributed by atoms with Crippen LogP contribution in [0.5, 0.6) is 0 Å². The van der Waals surface area contributed by atoms with Crippen molar-refractivity contribution >= 4 is 16.2 Å². The number of benzene rings is 1. The molecule has 0 spiro atoms. The number of hydrogen-bond donors (Lipinski definition) is 0. The van der Waals surface area contributed by atoms with Crippen LogP contribution in [0.15, 0.2) is 29.2 Å². The number of alkyl halides is 2.